The van der Waals surface area contributed by atoms with E-state index in [0.29, 0.717) is 0 Å². The van der Waals surface area contributed by atoms with Gasteiger partial charge in [-0.3, -0.25) is 4.79 Å². The van der Waals surface area contributed by atoms with Gasteiger partial charge in [0.1, 0.15) is 0 Å². The summed E-state index contributed by atoms with van der Waals surface area (Å²) < 4.78 is 1.15. The Balaban J connectivity index is 2.12. The highest BCUT2D eigenvalue weighted by Gasteiger charge is 2.27. The van der Waals surface area contributed by atoms with Crippen molar-refractivity contribution in [3.8, 4) is 0 Å². The fourth-order valence-corrected chi connectivity index (χ4v) is 2.63. The van der Waals surface area contributed by atoms with Gasteiger partial charge in [-0.25, -0.2) is 0 Å². The second-order valence-electron chi connectivity index (χ2n) is 4.64. The molecule has 1 aromatic rings. The molecular formula is C13H17IN2O. The smallest absolute Gasteiger partial charge is 0.254 e. The summed E-state index contributed by atoms with van der Waals surface area (Å²) in [6.45, 7) is 2.84. The summed E-state index contributed by atoms with van der Waals surface area (Å²) in [4.78, 5) is 14.2. The van der Waals surface area contributed by atoms with Gasteiger partial charge in [-0.05, 0) is 66.6 Å². The molecule has 0 spiro atoms. The Morgan fingerprint density at radius 2 is 2.06 bits per heavy atom. The lowest BCUT2D eigenvalue weighted by Crippen LogP contribution is -2.48. The second kappa shape index (κ2) is 5.35. The van der Waals surface area contributed by atoms with Gasteiger partial charge in [-0.2, -0.15) is 0 Å². The maximum Gasteiger partial charge on any atom is 0.254 e. The minimum atomic E-state index is 0.126. The van der Waals surface area contributed by atoms with Crippen LogP contribution in [0.5, 0.6) is 0 Å². The molecule has 2 unspecified atom stereocenters. The van der Waals surface area contributed by atoms with Crippen molar-refractivity contribution in [1.82, 2.24) is 4.90 Å². The number of hydrogen-bond acceptors (Lipinski definition) is 2. The zero-order valence-electron chi connectivity index (χ0n) is 9.90. The summed E-state index contributed by atoms with van der Waals surface area (Å²) in [6.07, 6.45) is 1.80. The highest BCUT2D eigenvalue weighted by atomic mass is 127. The number of hydrogen-bond donors (Lipinski definition) is 1. The molecule has 17 heavy (non-hydrogen) atoms. The van der Waals surface area contributed by atoms with Crippen LogP contribution in [0.25, 0.3) is 0 Å². The molecule has 2 N–H and O–H groups in total. The fourth-order valence-electron chi connectivity index (χ4n) is 2.27. The maximum absolute atomic E-state index is 12.3. The molecule has 0 radical (unpaired) electrons. The van der Waals surface area contributed by atoms with Gasteiger partial charge in [0.15, 0.2) is 0 Å². The first-order valence-corrected chi connectivity index (χ1v) is 6.98. The van der Waals surface area contributed by atoms with E-state index in [1.807, 2.05) is 29.2 Å². The van der Waals surface area contributed by atoms with Crippen LogP contribution in [0, 0.1) is 3.57 Å². The van der Waals surface area contributed by atoms with E-state index in [2.05, 4.69) is 29.5 Å². The Labute approximate surface area is 116 Å². The van der Waals surface area contributed by atoms with Crippen molar-refractivity contribution in [2.24, 2.45) is 5.73 Å². The van der Waals surface area contributed by atoms with Gasteiger partial charge in [-0.15, -0.1) is 0 Å². The van der Waals surface area contributed by atoms with Gasteiger partial charge in [0, 0.05) is 27.8 Å². The number of benzene rings is 1. The number of carbonyl (C=O) groups excluding carboxylic acids is 1. The third-order valence-corrected chi connectivity index (χ3v) is 3.99. The molecule has 2 atom stereocenters. The number of carbonyl (C=O) groups is 1. The van der Waals surface area contributed by atoms with Crippen molar-refractivity contribution in [3.05, 3.63) is 33.4 Å². The van der Waals surface area contributed by atoms with Crippen molar-refractivity contribution in [2.75, 3.05) is 6.54 Å². The van der Waals surface area contributed by atoms with E-state index in [9.17, 15) is 4.79 Å². The monoisotopic (exact) mass is 344 g/mol. The number of nitrogens with zero attached hydrogens (tertiary/aromatic N) is 1. The van der Waals surface area contributed by atoms with Crippen molar-refractivity contribution >= 4 is 28.5 Å². The summed E-state index contributed by atoms with van der Waals surface area (Å²) in [5.74, 6) is 0.126. The van der Waals surface area contributed by atoms with Gasteiger partial charge in [0.05, 0.1) is 0 Å². The van der Waals surface area contributed by atoms with E-state index in [4.69, 9.17) is 5.73 Å². The molecule has 1 fully saturated rings. The number of piperidine rings is 1. The van der Waals surface area contributed by atoms with Crippen LogP contribution >= 0.6 is 22.6 Å². The molecule has 1 aliphatic rings. The molecule has 1 amide bonds. The lowest BCUT2D eigenvalue weighted by molar-refractivity contribution is 0.0619. The van der Waals surface area contributed by atoms with Gasteiger partial charge in [0.2, 0.25) is 0 Å². The Morgan fingerprint density at radius 1 is 1.41 bits per heavy atom. The molecule has 0 saturated carbocycles. The summed E-state index contributed by atoms with van der Waals surface area (Å²) in [5.41, 5.74) is 6.68. The fraction of sp³-hybridized carbons (Fsp3) is 0.462. The SMILES string of the molecule is CC1CC(N)CCN1C(=O)c1ccc(I)cc1. The standard InChI is InChI=1S/C13H17IN2O/c1-9-8-12(15)6-7-16(9)13(17)10-2-4-11(14)5-3-10/h2-5,9,12H,6-8,15H2,1H3. The van der Waals surface area contributed by atoms with Crippen LogP contribution in [-0.4, -0.2) is 29.4 Å². The van der Waals surface area contributed by atoms with E-state index in [0.717, 1.165) is 28.5 Å². The first kappa shape index (κ1) is 12.8. The molecule has 0 aromatic heterocycles. The van der Waals surface area contributed by atoms with Crippen LogP contribution in [-0.2, 0) is 0 Å². The van der Waals surface area contributed by atoms with Gasteiger partial charge >= 0.3 is 0 Å². The number of likely N-dealkylation sites (tertiary alicyclic amines) is 1. The molecule has 1 aromatic carbocycles. The van der Waals surface area contributed by atoms with Gasteiger partial charge in [0.25, 0.3) is 5.91 Å². The molecule has 4 heteroatoms. The van der Waals surface area contributed by atoms with Gasteiger partial charge in [-0.1, -0.05) is 0 Å². The largest absolute Gasteiger partial charge is 0.336 e. The number of nitrogens with two attached hydrogens (primary N) is 1. The highest BCUT2D eigenvalue weighted by Crippen LogP contribution is 2.19. The van der Waals surface area contributed by atoms with Crippen molar-refractivity contribution in [1.29, 1.82) is 0 Å². The van der Waals surface area contributed by atoms with E-state index < -0.39 is 0 Å². The summed E-state index contributed by atoms with van der Waals surface area (Å²) >= 11 is 2.24. The molecule has 1 aliphatic heterocycles. The summed E-state index contributed by atoms with van der Waals surface area (Å²) in [7, 11) is 0. The maximum atomic E-state index is 12.3. The zero-order valence-corrected chi connectivity index (χ0v) is 12.1. The van der Waals surface area contributed by atoms with E-state index in [1.54, 1.807) is 0 Å². The molecular weight excluding hydrogens is 327 g/mol. The first-order chi connectivity index (χ1) is 8.08. The molecule has 92 valence electrons. The average molecular weight is 344 g/mol. The predicted octanol–water partition coefficient (Wildman–Crippen LogP) is 2.24. The zero-order chi connectivity index (χ0) is 12.4. The van der Waals surface area contributed by atoms with E-state index >= 15 is 0 Å². The molecule has 0 aliphatic carbocycles. The third kappa shape index (κ3) is 2.98. The summed E-state index contributed by atoms with van der Waals surface area (Å²) in [5, 5.41) is 0. The quantitative estimate of drug-likeness (QED) is 0.795. The van der Waals surface area contributed by atoms with E-state index in [1.165, 1.54) is 0 Å². The topological polar surface area (TPSA) is 46.3 Å². The Morgan fingerprint density at radius 3 is 2.65 bits per heavy atom. The Kier molecular flexibility index (Phi) is 4.04. The van der Waals surface area contributed by atoms with Crippen LogP contribution in [0.15, 0.2) is 24.3 Å². The Hall–Kier alpha value is -0.620. The van der Waals surface area contributed by atoms with Crippen LogP contribution in [0.4, 0.5) is 0 Å². The lowest BCUT2D eigenvalue weighted by Gasteiger charge is -2.36. The molecule has 1 saturated heterocycles. The lowest BCUT2D eigenvalue weighted by atomic mass is 9.98. The van der Waals surface area contributed by atoms with Gasteiger partial charge < -0.3 is 10.6 Å². The van der Waals surface area contributed by atoms with Crippen molar-refractivity contribution in [3.63, 3.8) is 0 Å². The predicted molar refractivity (Wildman–Crippen MR) is 76.9 cm³/mol. The molecule has 0 bridgehead atoms. The average Bonchev–Trinajstić information content (AvgIpc) is 2.29. The Bertz CT molecular complexity index is 404. The third-order valence-electron chi connectivity index (χ3n) is 3.27. The number of amides is 1. The van der Waals surface area contributed by atoms with Crippen LogP contribution in [0.1, 0.15) is 30.1 Å². The second-order valence-corrected chi connectivity index (χ2v) is 5.88. The van der Waals surface area contributed by atoms with Crippen molar-refractivity contribution < 1.29 is 4.79 Å². The van der Waals surface area contributed by atoms with E-state index in [-0.39, 0.29) is 18.0 Å². The first-order valence-electron chi connectivity index (χ1n) is 5.90. The normalized spacial score (nSPS) is 24.8. The minimum absolute atomic E-state index is 0.126. The number of rotatable bonds is 1. The molecule has 2 rings (SSSR count). The van der Waals surface area contributed by atoms with Crippen LogP contribution in [0.3, 0.4) is 0 Å². The highest BCUT2D eigenvalue weighted by molar-refractivity contribution is 14.1. The molecule has 3 nitrogen and oxygen atoms in total. The number of halogens is 1. The molecule has 1 heterocycles. The van der Waals surface area contributed by atoms with Crippen molar-refractivity contribution in [2.45, 2.75) is 31.8 Å². The van der Waals surface area contributed by atoms with Crippen LogP contribution < -0.4 is 5.73 Å². The summed E-state index contributed by atoms with van der Waals surface area (Å²) in [6, 6.07) is 8.20. The van der Waals surface area contributed by atoms with Crippen LogP contribution in [0.2, 0.25) is 0 Å². The minimum Gasteiger partial charge on any atom is -0.336 e.